The van der Waals surface area contributed by atoms with E-state index in [9.17, 15) is 9.59 Å². The number of carbonyl (C=O) groups excluding carboxylic acids is 2. The molecule has 0 aromatic carbocycles. The van der Waals surface area contributed by atoms with E-state index in [-0.39, 0.29) is 0 Å². The molecule has 46 valence electrons. The number of hydrogen-bond donors (Lipinski definition) is 0. The van der Waals surface area contributed by atoms with Gasteiger partial charge in [0, 0.05) is 5.75 Å². The average molecular weight is 134 g/mol. The predicted octanol–water partition coefficient (Wildman–Crippen LogP) is 0.0828. The largest absolute Gasteiger partial charge is 0.467 e. The van der Waals surface area contributed by atoms with Gasteiger partial charge < -0.3 is 4.74 Å². The molecule has 0 aliphatic rings. The molecule has 0 fully saturated rings. The Morgan fingerprint density at radius 3 is 2.75 bits per heavy atom. The van der Waals surface area contributed by atoms with Gasteiger partial charge in [0.1, 0.15) is 6.61 Å². The van der Waals surface area contributed by atoms with Crippen molar-refractivity contribution in [1.82, 2.24) is 0 Å². The molecule has 0 unspecified atom stereocenters. The fourth-order valence-electron chi connectivity index (χ4n) is 0.192. The van der Waals surface area contributed by atoms with Gasteiger partial charge in [-0.15, -0.1) is 0 Å². The van der Waals surface area contributed by atoms with E-state index in [0.717, 1.165) is 11.8 Å². The summed E-state index contributed by atoms with van der Waals surface area (Å²) in [6.45, 7) is 0.679. The summed E-state index contributed by atoms with van der Waals surface area (Å²) in [6.07, 6.45) is 0. The standard InChI is InChI=1S/C4H6O3S/c5-3-7-1-2-8-4-6/h3-4H,1-2H2. The van der Waals surface area contributed by atoms with Gasteiger partial charge in [-0.3, -0.25) is 9.59 Å². The number of hydrogen-bond acceptors (Lipinski definition) is 4. The third-order valence-corrected chi connectivity index (χ3v) is 0.994. The molecule has 0 amide bonds. The molecule has 0 saturated carbocycles. The van der Waals surface area contributed by atoms with Gasteiger partial charge in [0.05, 0.1) is 0 Å². The molecule has 8 heavy (non-hydrogen) atoms. The first-order valence-corrected chi connectivity index (χ1v) is 3.07. The van der Waals surface area contributed by atoms with Crippen LogP contribution < -0.4 is 0 Å². The third-order valence-electron chi connectivity index (χ3n) is 0.455. The molecular weight excluding hydrogens is 128 g/mol. The lowest BCUT2D eigenvalue weighted by atomic mass is 10.9. The number of rotatable bonds is 5. The van der Waals surface area contributed by atoms with Crippen molar-refractivity contribution in [1.29, 1.82) is 0 Å². The van der Waals surface area contributed by atoms with E-state index in [1.807, 2.05) is 0 Å². The van der Waals surface area contributed by atoms with Crippen LogP contribution in [-0.2, 0) is 14.3 Å². The maximum atomic E-state index is 9.59. The number of thioether (sulfide) groups is 1. The molecular formula is C4H6O3S. The second-order valence-corrected chi connectivity index (χ2v) is 1.87. The quantitative estimate of drug-likeness (QED) is 0.394. The van der Waals surface area contributed by atoms with Crippen LogP contribution in [0.1, 0.15) is 0 Å². The Morgan fingerprint density at radius 2 is 2.25 bits per heavy atom. The molecule has 0 heterocycles. The van der Waals surface area contributed by atoms with Crippen molar-refractivity contribution in [3.63, 3.8) is 0 Å². The molecule has 4 heteroatoms. The van der Waals surface area contributed by atoms with Crippen molar-refractivity contribution < 1.29 is 14.3 Å². The lowest BCUT2D eigenvalue weighted by Gasteiger charge is -1.90. The van der Waals surface area contributed by atoms with E-state index in [0.29, 0.717) is 24.5 Å². The molecule has 0 aliphatic heterocycles. The topological polar surface area (TPSA) is 43.4 Å². The Bertz CT molecular complexity index is 63.7. The molecule has 0 rings (SSSR count). The normalized spacial score (nSPS) is 8.00. The minimum atomic E-state index is 0.312. The van der Waals surface area contributed by atoms with E-state index < -0.39 is 0 Å². The highest BCUT2D eigenvalue weighted by Gasteiger charge is 1.82. The summed E-state index contributed by atoms with van der Waals surface area (Å²) in [5.41, 5.74) is 0.716. The third kappa shape index (κ3) is 5.49. The first kappa shape index (κ1) is 7.49. The van der Waals surface area contributed by atoms with Crippen LogP contribution in [0.5, 0.6) is 0 Å². The monoisotopic (exact) mass is 134 g/mol. The SMILES string of the molecule is O=COCCSC=O. The summed E-state index contributed by atoms with van der Waals surface area (Å²) in [6, 6.07) is 0. The van der Waals surface area contributed by atoms with Crippen molar-refractivity contribution in [2.75, 3.05) is 12.4 Å². The van der Waals surface area contributed by atoms with E-state index in [1.54, 1.807) is 0 Å². The van der Waals surface area contributed by atoms with Crippen molar-refractivity contribution >= 4 is 23.9 Å². The Labute approximate surface area is 51.4 Å². The summed E-state index contributed by atoms with van der Waals surface area (Å²) in [5, 5.41) is 0. The van der Waals surface area contributed by atoms with Gasteiger partial charge >= 0.3 is 0 Å². The van der Waals surface area contributed by atoms with Crippen LogP contribution in [0.3, 0.4) is 0 Å². The van der Waals surface area contributed by atoms with E-state index in [1.165, 1.54) is 0 Å². The van der Waals surface area contributed by atoms with Crippen molar-refractivity contribution in [3.8, 4) is 0 Å². The first-order valence-electron chi connectivity index (χ1n) is 2.02. The highest BCUT2D eigenvalue weighted by atomic mass is 32.2. The zero-order valence-electron chi connectivity index (χ0n) is 4.20. The van der Waals surface area contributed by atoms with Crippen LogP contribution in [-0.4, -0.2) is 24.5 Å². The van der Waals surface area contributed by atoms with Gasteiger partial charge in [0.2, 0.25) is 0 Å². The average Bonchev–Trinajstić information content (AvgIpc) is 1.81. The lowest BCUT2D eigenvalue weighted by molar-refractivity contribution is -0.128. The maximum absolute atomic E-state index is 9.59. The lowest BCUT2D eigenvalue weighted by Crippen LogP contribution is -1.93. The summed E-state index contributed by atoms with van der Waals surface area (Å²) >= 11 is 1.08. The predicted molar refractivity (Wildman–Crippen MR) is 31.2 cm³/mol. The second-order valence-electron chi connectivity index (χ2n) is 0.934. The molecule has 0 saturated heterocycles. The van der Waals surface area contributed by atoms with E-state index in [2.05, 4.69) is 4.74 Å². The number of carbonyl (C=O) groups is 2. The van der Waals surface area contributed by atoms with E-state index >= 15 is 0 Å². The smallest absolute Gasteiger partial charge is 0.293 e. The summed E-state index contributed by atoms with van der Waals surface area (Å²) in [5.74, 6) is 0.544. The molecule has 0 aliphatic carbocycles. The van der Waals surface area contributed by atoms with Crippen LogP contribution in [0.15, 0.2) is 0 Å². The van der Waals surface area contributed by atoms with Crippen LogP contribution in [0.25, 0.3) is 0 Å². The van der Waals surface area contributed by atoms with Crippen LogP contribution in [0.2, 0.25) is 0 Å². The zero-order valence-corrected chi connectivity index (χ0v) is 5.02. The first-order chi connectivity index (χ1) is 3.91. The summed E-state index contributed by atoms with van der Waals surface area (Å²) < 4.78 is 4.28. The molecule has 0 radical (unpaired) electrons. The summed E-state index contributed by atoms with van der Waals surface area (Å²) in [4.78, 5) is 19.0. The molecule has 0 spiro atoms. The Kier molecular flexibility index (Phi) is 6.08. The van der Waals surface area contributed by atoms with E-state index in [4.69, 9.17) is 0 Å². The highest BCUT2D eigenvalue weighted by Crippen LogP contribution is 1.89. The molecule has 0 aromatic rings. The molecule has 0 N–H and O–H groups in total. The number of ether oxygens (including phenoxy) is 1. The van der Waals surface area contributed by atoms with Gasteiger partial charge in [-0.05, 0) is 0 Å². The van der Waals surface area contributed by atoms with Crippen LogP contribution in [0, 0.1) is 0 Å². The van der Waals surface area contributed by atoms with Gasteiger partial charge in [-0.25, -0.2) is 0 Å². The fourth-order valence-corrected chi connectivity index (χ4v) is 0.481. The minimum Gasteiger partial charge on any atom is -0.467 e. The molecule has 3 nitrogen and oxygen atoms in total. The Balaban J connectivity index is 2.71. The maximum Gasteiger partial charge on any atom is 0.293 e. The van der Waals surface area contributed by atoms with Crippen molar-refractivity contribution in [2.24, 2.45) is 0 Å². The van der Waals surface area contributed by atoms with Crippen LogP contribution >= 0.6 is 11.8 Å². The van der Waals surface area contributed by atoms with Crippen LogP contribution in [0.4, 0.5) is 0 Å². The van der Waals surface area contributed by atoms with Gasteiger partial charge in [0.15, 0.2) is 5.62 Å². The van der Waals surface area contributed by atoms with Gasteiger partial charge in [-0.2, -0.15) is 0 Å². The second kappa shape index (κ2) is 6.49. The van der Waals surface area contributed by atoms with Crippen molar-refractivity contribution in [2.45, 2.75) is 0 Å². The Hall–Kier alpha value is -0.510. The molecule has 0 bridgehead atoms. The zero-order chi connectivity index (χ0) is 6.24. The summed E-state index contributed by atoms with van der Waals surface area (Å²) in [7, 11) is 0. The molecule has 0 atom stereocenters. The minimum absolute atomic E-state index is 0.312. The molecule has 0 aromatic heterocycles. The van der Waals surface area contributed by atoms with Gasteiger partial charge in [-0.1, -0.05) is 11.8 Å². The van der Waals surface area contributed by atoms with Crippen molar-refractivity contribution in [3.05, 3.63) is 0 Å². The fraction of sp³-hybridized carbons (Fsp3) is 0.500. The Morgan fingerprint density at radius 1 is 1.50 bits per heavy atom. The highest BCUT2D eigenvalue weighted by molar-refractivity contribution is 8.11. The van der Waals surface area contributed by atoms with Gasteiger partial charge in [0.25, 0.3) is 6.47 Å².